The van der Waals surface area contributed by atoms with Gasteiger partial charge < -0.3 is 14.8 Å². The van der Waals surface area contributed by atoms with E-state index in [2.05, 4.69) is 5.32 Å². The fraction of sp³-hybridized carbons (Fsp3) is 0.192. The molecule has 4 rings (SSSR count). The highest BCUT2D eigenvalue weighted by Crippen LogP contribution is 2.19. The average Bonchev–Trinajstić information content (AvgIpc) is 3.18. The van der Waals surface area contributed by atoms with E-state index in [4.69, 9.17) is 16.6 Å². The molecule has 0 radical (unpaired) electrons. The zero-order chi connectivity index (χ0) is 23.2. The van der Waals surface area contributed by atoms with Crippen LogP contribution < -0.4 is 10.2 Å². The molecule has 0 saturated heterocycles. The largest absolute Gasteiger partial charge is 0.352 e. The van der Waals surface area contributed by atoms with Crippen LogP contribution in [0.2, 0.25) is 5.02 Å². The van der Waals surface area contributed by atoms with Crippen LogP contribution in [0.3, 0.4) is 0 Å². The smallest absolute Gasteiger partial charge is 0.251 e. The molecule has 0 aliphatic rings. The van der Waals surface area contributed by atoms with E-state index in [0.29, 0.717) is 30.1 Å². The average molecular weight is 461 g/mol. The third-order valence-electron chi connectivity index (χ3n) is 5.45. The molecule has 2 amide bonds. The first kappa shape index (κ1) is 22.6. The van der Waals surface area contributed by atoms with Crippen LogP contribution in [0.5, 0.6) is 0 Å². The fourth-order valence-corrected chi connectivity index (χ4v) is 3.94. The van der Waals surface area contributed by atoms with E-state index in [0.717, 1.165) is 22.5 Å². The molecule has 1 heterocycles. The van der Waals surface area contributed by atoms with Crippen molar-refractivity contribution in [2.45, 2.75) is 19.9 Å². The molecule has 0 saturated carbocycles. The van der Waals surface area contributed by atoms with Gasteiger partial charge in [0, 0.05) is 35.8 Å². The monoisotopic (exact) mass is 460 g/mol. The maximum Gasteiger partial charge on any atom is 0.251 e. The van der Waals surface area contributed by atoms with Gasteiger partial charge in [0.15, 0.2) is 0 Å². The normalized spacial score (nSPS) is 10.8. The summed E-state index contributed by atoms with van der Waals surface area (Å²) in [6, 6.07) is 24.2. The number of aromatic nitrogens is 2. The number of likely N-dealkylation sites (N-methyl/N-ethyl adjacent to an activating group) is 1. The Kier molecular flexibility index (Phi) is 7.05. The minimum Gasteiger partial charge on any atom is -0.352 e. The number of imidazole rings is 1. The number of para-hydroxylation sites is 3. The van der Waals surface area contributed by atoms with Crippen molar-refractivity contribution in [1.29, 1.82) is 0 Å². The zero-order valence-corrected chi connectivity index (χ0v) is 19.1. The number of amides is 2. The molecule has 33 heavy (non-hydrogen) atoms. The number of carbonyl (C=O) groups is 2. The molecule has 1 aromatic heterocycles. The van der Waals surface area contributed by atoms with Gasteiger partial charge in [0.25, 0.3) is 5.91 Å². The van der Waals surface area contributed by atoms with Crippen LogP contribution in [0.25, 0.3) is 11.0 Å². The predicted octanol–water partition coefficient (Wildman–Crippen LogP) is 4.72. The van der Waals surface area contributed by atoms with Crippen molar-refractivity contribution in [3.63, 3.8) is 0 Å². The number of fused-ring (bicyclic) bond motifs is 1. The summed E-state index contributed by atoms with van der Waals surface area (Å²) in [6.07, 6.45) is 0.499. The predicted molar refractivity (Wildman–Crippen MR) is 132 cm³/mol. The van der Waals surface area contributed by atoms with Crippen molar-refractivity contribution in [1.82, 2.24) is 14.9 Å². The Bertz CT molecular complexity index is 1250. The van der Waals surface area contributed by atoms with Gasteiger partial charge in [-0.1, -0.05) is 41.9 Å². The van der Waals surface area contributed by atoms with Crippen LogP contribution in [-0.4, -0.2) is 34.5 Å². The van der Waals surface area contributed by atoms with Crippen LogP contribution in [0.15, 0.2) is 78.9 Å². The Morgan fingerprint density at radius 3 is 2.39 bits per heavy atom. The van der Waals surface area contributed by atoms with Crippen LogP contribution >= 0.6 is 11.6 Å². The van der Waals surface area contributed by atoms with E-state index in [1.807, 2.05) is 66.1 Å². The second-order valence-corrected chi connectivity index (χ2v) is 8.03. The number of halogens is 1. The van der Waals surface area contributed by atoms with Crippen LogP contribution in [0.1, 0.15) is 23.1 Å². The van der Waals surface area contributed by atoms with Gasteiger partial charge in [-0.3, -0.25) is 9.59 Å². The van der Waals surface area contributed by atoms with Crippen molar-refractivity contribution < 1.29 is 9.59 Å². The van der Waals surface area contributed by atoms with E-state index < -0.39 is 0 Å². The summed E-state index contributed by atoms with van der Waals surface area (Å²) in [6.45, 7) is 3.10. The van der Waals surface area contributed by atoms with E-state index in [9.17, 15) is 9.59 Å². The quantitative estimate of drug-likeness (QED) is 0.414. The number of benzene rings is 3. The molecule has 168 valence electrons. The number of hydrogen-bond donors (Lipinski definition) is 1. The first-order valence-corrected chi connectivity index (χ1v) is 11.3. The molecular weight excluding hydrogens is 436 g/mol. The van der Waals surface area contributed by atoms with E-state index in [1.54, 1.807) is 29.2 Å². The van der Waals surface area contributed by atoms with Gasteiger partial charge in [-0.25, -0.2) is 4.98 Å². The lowest BCUT2D eigenvalue weighted by Gasteiger charge is -2.22. The number of nitrogens with zero attached hydrogens (tertiary/aromatic N) is 3. The summed E-state index contributed by atoms with van der Waals surface area (Å²) < 4.78 is 1.94. The minimum absolute atomic E-state index is 0.0155. The number of nitrogens with one attached hydrogen (secondary N) is 1. The third-order valence-corrected chi connectivity index (χ3v) is 5.70. The lowest BCUT2D eigenvalue weighted by molar-refractivity contribution is -0.119. The third kappa shape index (κ3) is 5.23. The summed E-state index contributed by atoms with van der Waals surface area (Å²) in [5.41, 5.74) is 3.14. The van der Waals surface area contributed by atoms with Gasteiger partial charge in [-0.15, -0.1) is 0 Å². The molecule has 7 heteroatoms. The molecule has 3 aromatic carbocycles. The number of rotatable bonds is 8. The molecule has 0 aliphatic heterocycles. The Labute approximate surface area is 197 Å². The molecule has 0 unspecified atom stereocenters. The molecule has 1 N–H and O–H groups in total. The van der Waals surface area contributed by atoms with Crippen molar-refractivity contribution in [2.24, 2.45) is 0 Å². The molecule has 0 fully saturated rings. The fourth-order valence-electron chi connectivity index (χ4n) is 3.82. The van der Waals surface area contributed by atoms with Crippen molar-refractivity contribution in [2.75, 3.05) is 18.0 Å². The van der Waals surface area contributed by atoms with Crippen molar-refractivity contribution in [3.05, 3.63) is 95.3 Å². The van der Waals surface area contributed by atoms with Gasteiger partial charge in [0.1, 0.15) is 12.4 Å². The van der Waals surface area contributed by atoms with Gasteiger partial charge in [0.05, 0.1) is 11.0 Å². The second kappa shape index (κ2) is 10.3. The SMILES string of the molecule is CCN(C(=O)Cn1c(CCNC(=O)c2ccc(Cl)cc2)nc2ccccc21)c1ccccc1. The van der Waals surface area contributed by atoms with Gasteiger partial charge in [-0.05, 0) is 55.5 Å². The minimum atomic E-state index is -0.174. The Hall–Kier alpha value is -3.64. The molecular formula is C26H25ClN4O2. The van der Waals surface area contributed by atoms with Crippen molar-refractivity contribution >= 4 is 40.1 Å². The number of carbonyl (C=O) groups excluding carboxylic acids is 2. The molecule has 0 atom stereocenters. The molecule has 0 spiro atoms. The Morgan fingerprint density at radius 1 is 0.970 bits per heavy atom. The topological polar surface area (TPSA) is 67.2 Å². The van der Waals surface area contributed by atoms with Gasteiger partial charge >= 0.3 is 0 Å². The summed E-state index contributed by atoms with van der Waals surface area (Å²) in [5, 5.41) is 3.51. The molecule has 4 aromatic rings. The standard InChI is InChI=1S/C26H25ClN4O2/c1-2-30(21-8-4-3-5-9-21)25(32)18-31-23-11-7-6-10-22(23)29-24(31)16-17-28-26(33)19-12-14-20(27)15-13-19/h3-15H,2,16-18H2,1H3,(H,28,33). The van der Waals surface area contributed by atoms with E-state index in [-0.39, 0.29) is 18.4 Å². The van der Waals surface area contributed by atoms with Crippen LogP contribution in [0.4, 0.5) is 5.69 Å². The maximum absolute atomic E-state index is 13.2. The molecule has 6 nitrogen and oxygen atoms in total. The maximum atomic E-state index is 13.2. The summed E-state index contributed by atoms with van der Waals surface area (Å²) in [7, 11) is 0. The van der Waals surface area contributed by atoms with E-state index >= 15 is 0 Å². The number of anilines is 1. The highest BCUT2D eigenvalue weighted by Gasteiger charge is 2.18. The Morgan fingerprint density at radius 2 is 1.67 bits per heavy atom. The van der Waals surface area contributed by atoms with Gasteiger partial charge in [-0.2, -0.15) is 0 Å². The first-order valence-electron chi connectivity index (χ1n) is 10.9. The molecule has 0 aliphatic carbocycles. The van der Waals surface area contributed by atoms with Crippen LogP contribution in [-0.2, 0) is 17.8 Å². The van der Waals surface area contributed by atoms with E-state index in [1.165, 1.54) is 0 Å². The van der Waals surface area contributed by atoms with Gasteiger partial charge in [0.2, 0.25) is 5.91 Å². The summed E-state index contributed by atoms with van der Waals surface area (Å²) in [4.78, 5) is 32.1. The lowest BCUT2D eigenvalue weighted by Crippen LogP contribution is -2.34. The zero-order valence-electron chi connectivity index (χ0n) is 18.4. The Balaban J connectivity index is 1.51. The summed E-state index contributed by atoms with van der Waals surface area (Å²) in [5.74, 6) is 0.565. The lowest BCUT2D eigenvalue weighted by atomic mass is 10.2. The van der Waals surface area contributed by atoms with Crippen molar-refractivity contribution in [3.8, 4) is 0 Å². The first-order chi connectivity index (χ1) is 16.1. The number of hydrogen-bond acceptors (Lipinski definition) is 3. The second-order valence-electron chi connectivity index (χ2n) is 7.59. The molecule has 0 bridgehead atoms. The highest BCUT2D eigenvalue weighted by atomic mass is 35.5. The highest BCUT2D eigenvalue weighted by molar-refractivity contribution is 6.30. The van der Waals surface area contributed by atoms with Crippen LogP contribution in [0, 0.1) is 0 Å². The summed E-state index contributed by atoms with van der Waals surface area (Å²) >= 11 is 5.90.